The second kappa shape index (κ2) is 2.80. The van der Waals surface area contributed by atoms with E-state index in [1.54, 1.807) is 6.33 Å². The third-order valence-electron chi connectivity index (χ3n) is 2.62. The Bertz CT molecular complexity index is 461. The number of nitrogens with zero attached hydrogens (tertiary/aromatic N) is 2. The Balaban J connectivity index is 2.94. The fraction of sp³-hybridized carbons (Fsp3) is 0.273. The summed E-state index contributed by atoms with van der Waals surface area (Å²) in [6.45, 7) is 6.36. The van der Waals surface area contributed by atoms with Crippen LogP contribution in [0, 0.1) is 20.8 Å². The van der Waals surface area contributed by atoms with Gasteiger partial charge < -0.3 is 0 Å². The number of aromatic nitrogens is 2. The van der Waals surface area contributed by atoms with Gasteiger partial charge in [0.05, 0.1) is 5.52 Å². The van der Waals surface area contributed by atoms with Gasteiger partial charge in [-0.05, 0) is 43.5 Å². The molecule has 66 valence electrons. The standard InChI is InChI=1S/C11H12N2/c1-7-4-10-5-12-6-13-11(10)9(3)8(7)2/h4-6H,1-3H3. The van der Waals surface area contributed by atoms with Crippen molar-refractivity contribution in [2.75, 3.05) is 0 Å². The summed E-state index contributed by atoms with van der Waals surface area (Å²) < 4.78 is 0. The topological polar surface area (TPSA) is 25.8 Å². The van der Waals surface area contributed by atoms with E-state index in [-0.39, 0.29) is 0 Å². The monoisotopic (exact) mass is 172 g/mol. The van der Waals surface area contributed by atoms with Gasteiger partial charge in [-0.3, -0.25) is 0 Å². The minimum atomic E-state index is 1.07. The first-order valence-corrected chi connectivity index (χ1v) is 4.36. The van der Waals surface area contributed by atoms with Crippen molar-refractivity contribution >= 4 is 10.9 Å². The number of hydrogen-bond donors (Lipinski definition) is 0. The molecule has 2 nitrogen and oxygen atoms in total. The van der Waals surface area contributed by atoms with Gasteiger partial charge in [-0.15, -0.1) is 0 Å². The Morgan fingerprint density at radius 3 is 2.62 bits per heavy atom. The summed E-state index contributed by atoms with van der Waals surface area (Å²) in [5.74, 6) is 0. The molecule has 0 aliphatic heterocycles. The second-order valence-corrected chi connectivity index (χ2v) is 3.40. The molecule has 2 aromatic rings. The van der Waals surface area contributed by atoms with E-state index in [9.17, 15) is 0 Å². The number of fused-ring (bicyclic) bond motifs is 1. The van der Waals surface area contributed by atoms with Gasteiger partial charge in [0.1, 0.15) is 6.33 Å². The Morgan fingerprint density at radius 2 is 1.85 bits per heavy atom. The van der Waals surface area contributed by atoms with Crippen LogP contribution >= 0.6 is 0 Å². The highest BCUT2D eigenvalue weighted by molar-refractivity contribution is 5.82. The molecule has 1 aromatic carbocycles. The van der Waals surface area contributed by atoms with Crippen molar-refractivity contribution in [3.8, 4) is 0 Å². The van der Waals surface area contributed by atoms with Crippen molar-refractivity contribution in [2.24, 2.45) is 0 Å². The highest BCUT2D eigenvalue weighted by Gasteiger charge is 2.03. The zero-order valence-electron chi connectivity index (χ0n) is 8.13. The predicted octanol–water partition coefficient (Wildman–Crippen LogP) is 2.56. The molecule has 2 heteroatoms. The number of aryl methyl sites for hydroxylation is 2. The molecule has 0 N–H and O–H groups in total. The molecule has 0 spiro atoms. The maximum Gasteiger partial charge on any atom is 0.116 e. The largest absolute Gasteiger partial charge is 0.244 e. The van der Waals surface area contributed by atoms with Crippen molar-refractivity contribution < 1.29 is 0 Å². The molecule has 0 aliphatic carbocycles. The lowest BCUT2D eigenvalue weighted by molar-refractivity contribution is 1.19. The molecular weight excluding hydrogens is 160 g/mol. The van der Waals surface area contributed by atoms with Crippen LogP contribution in [0.25, 0.3) is 10.9 Å². The quantitative estimate of drug-likeness (QED) is 0.610. The van der Waals surface area contributed by atoms with Crippen LogP contribution in [0.15, 0.2) is 18.6 Å². The van der Waals surface area contributed by atoms with Crippen molar-refractivity contribution in [3.63, 3.8) is 0 Å². The van der Waals surface area contributed by atoms with Crippen molar-refractivity contribution in [2.45, 2.75) is 20.8 Å². The molecule has 2 rings (SSSR count). The van der Waals surface area contributed by atoms with Gasteiger partial charge in [0.2, 0.25) is 0 Å². The average Bonchev–Trinajstić information content (AvgIpc) is 2.15. The molecule has 0 atom stereocenters. The number of rotatable bonds is 0. The predicted molar refractivity (Wildman–Crippen MR) is 53.7 cm³/mol. The average molecular weight is 172 g/mol. The third kappa shape index (κ3) is 1.18. The lowest BCUT2D eigenvalue weighted by Crippen LogP contribution is -1.91. The van der Waals surface area contributed by atoms with Crippen molar-refractivity contribution in [1.82, 2.24) is 9.97 Å². The van der Waals surface area contributed by atoms with Crippen molar-refractivity contribution in [3.05, 3.63) is 35.3 Å². The highest BCUT2D eigenvalue weighted by Crippen LogP contribution is 2.21. The van der Waals surface area contributed by atoms with Gasteiger partial charge in [0.25, 0.3) is 0 Å². The fourth-order valence-corrected chi connectivity index (χ4v) is 1.57. The van der Waals surface area contributed by atoms with E-state index >= 15 is 0 Å². The van der Waals surface area contributed by atoms with Crippen LogP contribution in [0.1, 0.15) is 16.7 Å². The summed E-state index contributed by atoms with van der Waals surface area (Å²) in [4.78, 5) is 8.29. The second-order valence-electron chi connectivity index (χ2n) is 3.40. The van der Waals surface area contributed by atoms with Gasteiger partial charge in [0, 0.05) is 11.6 Å². The normalized spacial score (nSPS) is 10.7. The summed E-state index contributed by atoms with van der Waals surface area (Å²) in [5.41, 5.74) is 4.96. The van der Waals surface area contributed by atoms with Gasteiger partial charge in [0.15, 0.2) is 0 Å². The van der Waals surface area contributed by atoms with Crippen molar-refractivity contribution in [1.29, 1.82) is 0 Å². The van der Waals surface area contributed by atoms with E-state index < -0.39 is 0 Å². The molecular formula is C11H12N2. The summed E-state index contributed by atoms with van der Waals surface area (Å²) in [5, 5.41) is 1.13. The lowest BCUT2D eigenvalue weighted by atomic mass is 10.0. The zero-order valence-corrected chi connectivity index (χ0v) is 8.13. The highest BCUT2D eigenvalue weighted by atomic mass is 14.8. The lowest BCUT2D eigenvalue weighted by Gasteiger charge is -2.07. The fourth-order valence-electron chi connectivity index (χ4n) is 1.57. The van der Waals surface area contributed by atoms with Crippen LogP contribution in [0.3, 0.4) is 0 Å². The van der Waals surface area contributed by atoms with Gasteiger partial charge in [-0.1, -0.05) is 0 Å². The first-order valence-electron chi connectivity index (χ1n) is 4.36. The summed E-state index contributed by atoms with van der Waals surface area (Å²) >= 11 is 0. The Hall–Kier alpha value is -1.44. The van der Waals surface area contributed by atoms with E-state index in [0.717, 1.165) is 10.9 Å². The van der Waals surface area contributed by atoms with Crippen LogP contribution in [0.5, 0.6) is 0 Å². The van der Waals surface area contributed by atoms with E-state index in [2.05, 4.69) is 36.8 Å². The number of hydrogen-bond acceptors (Lipinski definition) is 2. The first kappa shape index (κ1) is 8.17. The van der Waals surface area contributed by atoms with Crippen LogP contribution in [0.2, 0.25) is 0 Å². The summed E-state index contributed by atoms with van der Waals surface area (Å²) in [7, 11) is 0. The van der Waals surface area contributed by atoms with E-state index in [1.165, 1.54) is 16.7 Å². The molecule has 1 heterocycles. The van der Waals surface area contributed by atoms with Crippen LogP contribution in [0.4, 0.5) is 0 Å². The molecule has 0 aliphatic rings. The molecule has 0 fully saturated rings. The molecule has 1 aromatic heterocycles. The molecule has 0 saturated heterocycles. The maximum absolute atomic E-state index is 4.27. The van der Waals surface area contributed by atoms with Gasteiger partial charge in [-0.25, -0.2) is 9.97 Å². The Labute approximate surface area is 77.6 Å². The van der Waals surface area contributed by atoms with E-state index in [1.807, 2.05) is 6.20 Å². The van der Waals surface area contributed by atoms with Gasteiger partial charge in [-0.2, -0.15) is 0 Å². The first-order chi connectivity index (χ1) is 6.20. The molecule has 0 unspecified atom stereocenters. The molecule has 0 radical (unpaired) electrons. The smallest absolute Gasteiger partial charge is 0.116 e. The minimum absolute atomic E-state index is 1.07. The molecule has 0 amide bonds. The Morgan fingerprint density at radius 1 is 1.08 bits per heavy atom. The SMILES string of the molecule is Cc1cc2cncnc2c(C)c1C. The van der Waals surface area contributed by atoms with E-state index in [0.29, 0.717) is 0 Å². The summed E-state index contributed by atoms with van der Waals surface area (Å²) in [6.07, 6.45) is 3.46. The molecule has 13 heavy (non-hydrogen) atoms. The minimum Gasteiger partial charge on any atom is -0.244 e. The zero-order chi connectivity index (χ0) is 9.42. The maximum atomic E-state index is 4.27. The van der Waals surface area contributed by atoms with E-state index in [4.69, 9.17) is 0 Å². The van der Waals surface area contributed by atoms with Crippen LogP contribution < -0.4 is 0 Å². The Kier molecular flexibility index (Phi) is 1.76. The molecule has 0 saturated carbocycles. The van der Waals surface area contributed by atoms with Crippen LogP contribution in [-0.2, 0) is 0 Å². The summed E-state index contributed by atoms with van der Waals surface area (Å²) in [6, 6.07) is 2.14. The molecule has 0 bridgehead atoms. The van der Waals surface area contributed by atoms with Crippen LogP contribution in [-0.4, -0.2) is 9.97 Å². The number of benzene rings is 1. The third-order valence-corrected chi connectivity index (χ3v) is 2.62. The van der Waals surface area contributed by atoms with Gasteiger partial charge >= 0.3 is 0 Å².